The zero-order valence-electron chi connectivity index (χ0n) is 12.6. The molecule has 0 spiro atoms. The molecule has 0 saturated carbocycles. The smallest absolute Gasteiger partial charge is 0.267 e. The van der Waals surface area contributed by atoms with Crippen LogP contribution < -0.4 is 5.32 Å². The Kier molecular flexibility index (Phi) is 4.60. The Bertz CT molecular complexity index is 871. The monoisotopic (exact) mass is 346 g/mol. The van der Waals surface area contributed by atoms with Crippen molar-refractivity contribution in [3.63, 3.8) is 0 Å². The van der Waals surface area contributed by atoms with Crippen molar-refractivity contribution in [2.75, 3.05) is 6.54 Å². The number of amides is 1. The highest BCUT2D eigenvalue weighted by Gasteiger charge is 2.14. The summed E-state index contributed by atoms with van der Waals surface area (Å²) >= 11 is 12.1. The molecular weight excluding hydrogens is 331 g/mol. The lowest BCUT2D eigenvalue weighted by Crippen LogP contribution is -2.27. The maximum atomic E-state index is 12.4. The Morgan fingerprint density at radius 1 is 1.13 bits per heavy atom. The molecular formula is C18H16Cl2N2O. The molecule has 1 aromatic heterocycles. The Hall–Kier alpha value is -1.97. The van der Waals surface area contributed by atoms with Crippen molar-refractivity contribution in [3.05, 3.63) is 69.8 Å². The van der Waals surface area contributed by atoms with Crippen LogP contribution in [0.1, 0.15) is 16.1 Å². The van der Waals surface area contributed by atoms with Crippen molar-refractivity contribution in [1.82, 2.24) is 9.88 Å². The summed E-state index contributed by atoms with van der Waals surface area (Å²) in [6, 6.07) is 15.1. The molecule has 0 aliphatic carbocycles. The van der Waals surface area contributed by atoms with Gasteiger partial charge in [0.25, 0.3) is 5.91 Å². The van der Waals surface area contributed by atoms with E-state index in [0.717, 1.165) is 22.9 Å². The van der Waals surface area contributed by atoms with Gasteiger partial charge < -0.3 is 9.88 Å². The van der Waals surface area contributed by atoms with Crippen LogP contribution in [0.3, 0.4) is 0 Å². The van der Waals surface area contributed by atoms with Crippen LogP contribution in [0.5, 0.6) is 0 Å². The number of benzene rings is 2. The van der Waals surface area contributed by atoms with Crippen LogP contribution in [-0.4, -0.2) is 17.0 Å². The summed E-state index contributed by atoms with van der Waals surface area (Å²) in [6.07, 6.45) is 0.733. The van der Waals surface area contributed by atoms with E-state index in [0.29, 0.717) is 22.3 Å². The third kappa shape index (κ3) is 3.36. The molecule has 23 heavy (non-hydrogen) atoms. The van der Waals surface area contributed by atoms with E-state index in [-0.39, 0.29) is 5.91 Å². The lowest BCUT2D eigenvalue weighted by molar-refractivity contribution is 0.0946. The number of nitrogens with zero attached hydrogens (tertiary/aromatic N) is 1. The molecule has 1 heterocycles. The summed E-state index contributed by atoms with van der Waals surface area (Å²) in [4.78, 5) is 12.4. The first-order valence-corrected chi connectivity index (χ1v) is 8.08. The number of rotatable bonds is 4. The first-order valence-electron chi connectivity index (χ1n) is 7.33. The van der Waals surface area contributed by atoms with E-state index in [4.69, 9.17) is 23.2 Å². The van der Waals surface area contributed by atoms with Crippen molar-refractivity contribution in [2.45, 2.75) is 6.42 Å². The number of hydrogen-bond donors (Lipinski definition) is 1. The number of carbonyl (C=O) groups is 1. The number of nitrogens with one attached hydrogen (secondary N) is 1. The lowest BCUT2D eigenvalue weighted by atomic mass is 10.1. The third-order valence-corrected chi connectivity index (χ3v) is 4.42. The summed E-state index contributed by atoms with van der Waals surface area (Å²) in [6.45, 7) is 0.550. The molecule has 0 saturated heterocycles. The predicted molar refractivity (Wildman–Crippen MR) is 95.4 cm³/mol. The summed E-state index contributed by atoms with van der Waals surface area (Å²) in [7, 11) is 1.87. The first-order chi connectivity index (χ1) is 11.1. The molecule has 1 amide bonds. The van der Waals surface area contributed by atoms with Crippen LogP contribution in [0, 0.1) is 0 Å². The number of fused-ring (bicyclic) bond motifs is 1. The van der Waals surface area contributed by atoms with E-state index in [1.54, 1.807) is 0 Å². The van der Waals surface area contributed by atoms with Gasteiger partial charge >= 0.3 is 0 Å². The van der Waals surface area contributed by atoms with Crippen LogP contribution in [-0.2, 0) is 13.5 Å². The summed E-state index contributed by atoms with van der Waals surface area (Å²) in [5, 5.41) is 5.18. The van der Waals surface area contributed by atoms with Gasteiger partial charge in [-0.2, -0.15) is 0 Å². The molecule has 3 rings (SSSR count). The highest BCUT2D eigenvalue weighted by Crippen LogP contribution is 2.26. The average Bonchev–Trinajstić information content (AvgIpc) is 2.86. The van der Waals surface area contributed by atoms with Gasteiger partial charge in [-0.15, -0.1) is 0 Å². The van der Waals surface area contributed by atoms with Gasteiger partial charge in [0.2, 0.25) is 0 Å². The summed E-state index contributed by atoms with van der Waals surface area (Å²) in [5.41, 5.74) is 2.63. The van der Waals surface area contributed by atoms with Gasteiger partial charge in [-0.3, -0.25) is 4.79 Å². The Balaban J connectivity index is 1.71. The van der Waals surface area contributed by atoms with Gasteiger partial charge in [0, 0.05) is 34.5 Å². The normalized spacial score (nSPS) is 10.9. The molecule has 2 aromatic carbocycles. The number of carbonyl (C=O) groups excluding carboxylic acids is 1. The largest absolute Gasteiger partial charge is 0.350 e. The van der Waals surface area contributed by atoms with Crippen LogP contribution in [0.15, 0.2) is 48.5 Å². The fraction of sp³-hybridized carbons (Fsp3) is 0.167. The molecule has 1 N–H and O–H groups in total. The molecule has 0 radical (unpaired) electrons. The second-order valence-electron chi connectivity index (χ2n) is 5.40. The van der Waals surface area contributed by atoms with Crippen LogP contribution in [0.25, 0.3) is 10.9 Å². The number of aromatic nitrogens is 1. The Labute approximate surface area is 144 Å². The van der Waals surface area contributed by atoms with Crippen molar-refractivity contribution in [2.24, 2.45) is 7.05 Å². The highest BCUT2D eigenvalue weighted by molar-refractivity contribution is 6.35. The summed E-state index contributed by atoms with van der Waals surface area (Å²) in [5.74, 6) is -0.109. The minimum absolute atomic E-state index is 0.109. The number of hydrogen-bond acceptors (Lipinski definition) is 1. The minimum atomic E-state index is -0.109. The molecule has 0 bridgehead atoms. The van der Waals surface area contributed by atoms with Crippen LogP contribution >= 0.6 is 23.2 Å². The predicted octanol–water partition coefficient (Wildman–Crippen LogP) is 4.46. The maximum Gasteiger partial charge on any atom is 0.267 e. The minimum Gasteiger partial charge on any atom is -0.350 e. The van der Waals surface area contributed by atoms with Crippen molar-refractivity contribution >= 4 is 40.0 Å². The van der Waals surface area contributed by atoms with Crippen molar-refractivity contribution in [3.8, 4) is 0 Å². The van der Waals surface area contributed by atoms with Crippen LogP contribution in [0.4, 0.5) is 0 Å². The van der Waals surface area contributed by atoms with E-state index in [1.807, 2.05) is 60.1 Å². The number of halogens is 2. The van der Waals surface area contributed by atoms with Gasteiger partial charge in [-0.25, -0.2) is 0 Å². The standard InChI is InChI=1S/C18H16Cl2N2O/c1-22-16-7-3-6-15(20)14(16)11-17(22)18(23)21-9-8-12-4-2-5-13(19)10-12/h2-7,10-11H,8-9H2,1H3,(H,21,23). The van der Waals surface area contributed by atoms with Crippen molar-refractivity contribution < 1.29 is 4.79 Å². The average molecular weight is 347 g/mol. The maximum absolute atomic E-state index is 12.4. The fourth-order valence-electron chi connectivity index (χ4n) is 2.65. The molecule has 3 aromatic rings. The van der Waals surface area contributed by atoms with E-state index in [2.05, 4.69) is 5.32 Å². The van der Waals surface area contributed by atoms with Gasteiger partial charge in [-0.1, -0.05) is 41.4 Å². The molecule has 0 atom stereocenters. The molecule has 3 nitrogen and oxygen atoms in total. The van der Waals surface area contributed by atoms with E-state index >= 15 is 0 Å². The zero-order valence-corrected chi connectivity index (χ0v) is 14.2. The zero-order chi connectivity index (χ0) is 16.4. The fourth-order valence-corrected chi connectivity index (χ4v) is 3.08. The second-order valence-corrected chi connectivity index (χ2v) is 6.24. The van der Waals surface area contributed by atoms with Crippen molar-refractivity contribution in [1.29, 1.82) is 0 Å². The quantitative estimate of drug-likeness (QED) is 0.743. The molecule has 0 fully saturated rings. The lowest BCUT2D eigenvalue weighted by Gasteiger charge is -2.07. The Morgan fingerprint density at radius 2 is 1.91 bits per heavy atom. The van der Waals surface area contributed by atoms with Gasteiger partial charge in [0.15, 0.2) is 0 Å². The van der Waals surface area contributed by atoms with Crippen LogP contribution in [0.2, 0.25) is 10.0 Å². The SMILES string of the molecule is Cn1c(C(=O)NCCc2cccc(Cl)c2)cc2c(Cl)cccc21. The Morgan fingerprint density at radius 3 is 2.65 bits per heavy atom. The van der Waals surface area contributed by atoms with E-state index in [1.165, 1.54) is 0 Å². The highest BCUT2D eigenvalue weighted by atomic mass is 35.5. The van der Waals surface area contributed by atoms with Gasteiger partial charge in [-0.05, 0) is 42.3 Å². The molecule has 0 aliphatic heterocycles. The number of aryl methyl sites for hydroxylation is 1. The molecule has 0 aliphatic rings. The molecule has 5 heteroatoms. The topological polar surface area (TPSA) is 34.0 Å². The second kappa shape index (κ2) is 6.65. The summed E-state index contributed by atoms with van der Waals surface area (Å²) < 4.78 is 1.86. The molecule has 0 unspecified atom stereocenters. The molecule has 118 valence electrons. The first kappa shape index (κ1) is 15.9. The van der Waals surface area contributed by atoms with E-state index < -0.39 is 0 Å². The van der Waals surface area contributed by atoms with Gasteiger partial charge in [0.1, 0.15) is 5.69 Å². The third-order valence-electron chi connectivity index (χ3n) is 3.85. The van der Waals surface area contributed by atoms with E-state index in [9.17, 15) is 4.79 Å². The van der Waals surface area contributed by atoms with Gasteiger partial charge in [0.05, 0.1) is 0 Å².